The standard InChI is InChI=1S/C19H16BrFN2O3/c1-22-19(26)13-9-17(24)23(10-11-6-7-14(20)15(21)8-11)16-5-3-2-4-12(16)18(13)25/h2-8,25H,9-10H2,1H3,(H,22,26). The summed E-state index contributed by atoms with van der Waals surface area (Å²) in [6, 6.07) is 11.4. The van der Waals surface area contributed by atoms with Crippen LogP contribution in [0.25, 0.3) is 5.76 Å². The molecule has 0 saturated carbocycles. The Labute approximate surface area is 158 Å². The molecule has 1 heterocycles. The number of amides is 2. The Morgan fingerprint density at radius 2 is 2.04 bits per heavy atom. The predicted molar refractivity (Wildman–Crippen MR) is 100.0 cm³/mol. The van der Waals surface area contributed by atoms with E-state index in [0.29, 0.717) is 21.3 Å². The third-order valence-corrected chi connectivity index (χ3v) is 4.83. The van der Waals surface area contributed by atoms with Gasteiger partial charge in [0.25, 0.3) is 5.91 Å². The lowest BCUT2D eigenvalue weighted by atomic mass is 10.1. The number of halogens is 2. The zero-order valence-electron chi connectivity index (χ0n) is 13.9. The molecule has 26 heavy (non-hydrogen) atoms. The fourth-order valence-electron chi connectivity index (χ4n) is 2.87. The van der Waals surface area contributed by atoms with Gasteiger partial charge >= 0.3 is 0 Å². The van der Waals surface area contributed by atoms with Gasteiger partial charge < -0.3 is 15.3 Å². The number of likely N-dealkylation sites (N-methyl/N-ethyl adjacent to an activating group) is 1. The molecule has 0 saturated heterocycles. The molecule has 2 amide bonds. The summed E-state index contributed by atoms with van der Waals surface area (Å²) in [6.07, 6.45) is -0.251. The first-order valence-electron chi connectivity index (χ1n) is 7.90. The largest absolute Gasteiger partial charge is 0.507 e. The second-order valence-electron chi connectivity index (χ2n) is 5.83. The summed E-state index contributed by atoms with van der Waals surface area (Å²) in [5, 5.41) is 13.0. The minimum Gasteiger partial charge on any atom is -0.507 e. The molecule has 1 aliphatic rings. The Balaban J connectivity index is 2.06. The van der Waals surface area contributed by atoms with Crippen LogP contribution in [0, 0.1) is 5.82 Å². The highest BCUT2D eigenvalue weighted by atomic mass is 79.9. The molecule has 2 aromatic rings. The summed E-state index contributed by atoms with van der Waals surface area (Å²) in [5.74, 6) is -1.52. The van der Waals surface area contributed by atoms with E-state index in [-0.39, 0.29) is 30.2 Å². The molecule has 2 N–H and O–H groups in total. The van der Waals surface area contributed by atoms with E-state index < -0.39 is 11.7 Å². The van der Waals surface area contributed by atoms with E-state index in [2.05, 4.69) is 21.2 Å². The van der Waals surface area contributed by atoms with Crippen molar-refractivity contribution >= 4 is 39.2 Å². The molecule has 0 atom stereocenters. The van der Waals surface area contributed by atoms with Gasteiger partial charge in [0.2, 0.25) is 5.91 Å². The number of nitrogens with one attached hydrogen (secondary N) is 1. The third-order valence-electron chi connectivity index (χ3n) is 4.19. The van der Waals surface area contributed by atoms with Crippen molar-refractivity contribution in [3.8, 4) is 0 Å². The van der Waals surface area contributed by atoms with Gasteiger partial charge in [-0.1, -0.05) is 18.2 Å². The Kier molecular flexibility index (Phi) is 5.08. The maximum absolute atomic E-state index is 13.8. The number of hydrogen-bond donors (Lipinski definition) is 2. The number of benzene rings is 2. The highest BCUT2D eigenvalue weighted by molar-refractivity contribution is 9.10. The van der Waals surface area contributed by atoms with Crippen LogP contribution < -0.4 is 10.2 Å². The number of carbonyl (C=O) groups excluding carboxylic acids is 2. The molecule has 0 spiro atoms. The Hall–Kier alpha value is -2.67. The van der Waals surface area contributed by atoms with Crippen molar-refractivity contribution in [2.75, 3.05) is 11.9 Å². The van der Waals surface area contributed by atoms with Crippen LogP contribution in [0.5, 0.6) is 0 Å². The monoisotopic (exact) mass is 418 g/mol. The van der Waals surface area contributed by atoms with Crippen molar-refractivity contribution in [2.45, 2.75) is 13.0 Å². The van der Waals surface area contributed by atoms with Gasteiger partial charge in [-0.25, -0.2) is 4.39 Å². The predicted octanol–water partition coefficient (Wildman–Crippen LogP) is 3.54. The summed E-state index contributed by atoms with van der Waals surface area (Å²) in [5.41, 5.74) is 1.46. The molecule has 0 fully saturated rings. The molecule has 134 valence electrons. The van der Waals surface area contributed by atoms with E-state index in [1.54, 1.807) is 36.4 Å². The van der Waals surface area contributed by atoms with E-state index >= 15 is 0 Å². The van der Waals surface area contributed by atoms with Gasteiger partial charge in [0.15, 0.2) is 0 Å². The van der Waals surface area contributed by atoms with Crippen molar-refractivity contribution in [1.82, 2.24) is 5.32 Å². The molecule has 0 unspecified atom stereocenters. The average molecular weight is 419 g/mol. The summed E-state index contributed by atoms with van der Waals surface area (Å²) in [7, 11) is 1.44. The molecule has 0 aromatic heterocycles. The normalized spacial score (nSPS) is 14.1. The van der Waals surface area contributed by atoms with Gasteiger partial charge in [-0.2, -0.15) is 0 Å². The van der Waals surface area contributed by atoms with Gasteiger partial charge in [0, 0.05) is 12.6 Å². The molecule has 7 heteroatoms. The first-order chi connectivity index (χ1) is 12.4. The van der Waals surface area contributed by atoms with E-state index in [0.717, 1.165) is 0 Å². The van der Waals surface area contributed by atoms with Crippen LogP contribution in [0.2, 0.25) is 0 Å². The first kappa shape index (κ1) is 18.1. The third kappa shape index (κ3) is 3.35. The van der Waals surface area contributed by atoms with E-state index in [1.165, 1.54) is 18.0 Å². The lowest BCUT2D eigenvalue weighted by Crippen LogP contribution is -2.31. The maximum Gasteiger partial charge on any atom is 0.251 e. The fraction of sp³-hybridized carbons (Fsp3) is 0.158. The molecular formula is C19H16BrFN2O3. The van der Waals surface area contributed by atoms with Crippen LogP contribution >= 0.6 is 15.9 Å². The number of carbonyl (C=O) groups is 2. The van der Waals surface area contributed by atoms with E-state index in [4.69, 9.17) is 0 Å². The van der Waals surface area contributed by atoms with Crippen LogP contribution in [0.4, 0.5) is 10.1 Å². The first-order valence-corrected chi connectivity index (χ1v) is 8.69. The molecular weight excluding hydrogens is 403 g/mol. The van der Waals surface area contributed by atoms with Crippen molar-refractivity contribution in [3.63, 3.8) is 0 Å². The molecule has 3 rings (SSSR count). The van der Waals surface area contributed by atoms with Crippen molar-refractivity contribution in [2.24, 2.45) is 0 Å². The second-order valence-corrected chi connectivity index (χ2v) is 6.68. The van der Waals surface area contributed by atoms with Crippen LogP contribution in [0.15, 0.2) is 52.5 Å². The maximum atomic E-state index is 13.8. The number of hydrogen-bond acceptors (Lipinski definition) is 3. The lowest BCUT2D eigenvalue weighted by molar-refractivity contribution is -0.121. The minimum atomic E-state index is -0.512. The SMILES string of the molecule is CNC(=O)C1=C(O)c2ccccc2N(Cc2ccc(Br)c(F)c2)C(=O)C1. The summed E-state index contributed by atoms with van der Waals surface area (Å²) >= 11 is 3.10. The number of anilines is 1. The van der Waals surface area contributed by atoms with Gasteiger partial charge in [-0.15, -0.1) is 0 Å². The van der Waals surface area contributed by atoms with E-state index in [9.17, 15) is 19.1 Å². The summed E-state index contributed by atoms with van der Waals surface area (Å²) < 4.78 is 14.2. The van der Waals surface area contributed by atoms with E-state index in [1.807, 2.05) is 0 Å². The number of aliphatic hydroxyl groups excluding tert-OH is 1. The van der Waals surface area contributed by atoms with Crippen LogP contribution in [0.1, 0.15) is 17.5 Å². The molecule has 0 bridgehead atoms. The van der Waals surface area contributed by atoms with Crippen molar-refractivity contribution in [3.05, 3.63) is 69.5 Å². The second kappa shape index (κ2) is 7.29. The number of rotatable bonds is 3. The fourth-order valence-corrected chi connectivity index (χ4v) is 3.12. The Morgan fingerprint density at radius 1 is 1.31 bits per heavy atom. The van der Waals surface area contributed by atoms with Gasteiger partial charge in [-0.3, -0.25) is 9.59 Å². The summed E-state index contributed by atoms with van der Waals surface area (Å²) in [4.78, 5) is 26.3. The Bertz CT molecular complexity index is 927. The molecule has 5 nitrogen and oxygen atoms in total. The van der Waals surface area contributed by atoms with Crippen LogP contribution in [-0.4, -0.2) is 24.0 Å². The molecule has 0 radical (unpaired) electrons. The van der Waals surface area contributed by atoms with Crippen LogP contribution in [-0.2, 0) is 16.1 Å². The van der Waals surface area contributed by atoms with Gasteiger partial charge in [0.1, 0.15) is 11.6 Å². The average Bonchev–Trinajstić information content (AvgIpc) is 2.74. The number of fused-ring (bicyclic) bond motifs is 1. The highest BCUT2D eigenvalue weighted by Gasteiger charge is 2.30. The number of nitrogens with zero attached hydrogens (tertiary/aromatic N) is 1. The molecule has 0 aliphatic carbocycles. The van der Waals surface area contributed by atoms with Crippen LogP contribution in [0.3, 0.4) is 0 Å². The molecule has 2 aromatic carbocycles. The minimum absolute atomic E-state index is 0.00874. The zero-order valence-corrected chi connectivity index (χ0v) is 15.5. The highest BCUT2D eigenvalue weighted by Crippen LogP contribution is 2.34. The summed E-state index contributed by atoms with van der Waals surface area (Å²) in [6.45, 7) is 0.119. The quantitative estimate of drug-likeness (QED) is 0.800. The topological polar surface area (TPSA) is 69.6 Å². The van der Waals surface area contributed by atoms with Crippen molar-refractivity contribution < 1.29 is 19.1 Å². The number of aliphatic hydroxyl groups is 1. The van der Waals surface area contributed by atoms with Gasteiger partial charge in [-0.05, 0) is 45.8 Å². The van der Waals surface area contributed by atoms with Crippen molar-refractivity contribution in [1.29, 1.82) is 0 Å². The number of para-hydroxylation sites is 1. The zero-order chi connectivity index (χ0) is 18.8. The Morgan fingerprint density at radius 3 is 2.73 bits per heavy atom. The van der Waals surface area contributed by atoms with Gasteiger partial charge in [0.05, 0.1) is 28.7 Å². The lowest BCUT2D eigenvalue weighted by Gasteiger charge is -2.23. The smallest absolute Gasteiger partial charge is 0.251 e. The molecule has 1 aliphatic heterocycles.